The number of ether oxygens (including phenoxy) is 1. The van der Waals surface area contributed by atoms with E-state index in [-0.39, 0.29) is 5.91 Å². The molecule has 0 N–H and O–H groups in total. The highest BCUT2D eigenvalue weighted by molar-refractivity contribution is 5.76. The molecule has 0 radical (unpaired) electrons. The molecule has 0 unspecified atom stereocenters. The van der Waals surface area contributed by atoms with Crippen molar-refractivity contribution in [1.29, 1.82) is 0 Å². The number of likely N-dealkylation sites (tertiary alicyclic amines) is 1. The molecule has 1 aliphatic rings. The zero-order chi connectivity index (χ0) is 17.4. The number of amides is 1. The highest BCUT2D eigenvalue weighted by Gasteiger charge is 2.20. The zero-order valence-corrected chi connectivity index (χ0v) is 15.5. The van der Waals surface area contributed by atoms with Crippen LogP contribution in [-0.4, -0.2) is 56.1 Å². The second-order valence-electron chi connectivity index (χ2n) is 7.04. The van der Waals surface area contributed by atoms with Gasteiger partial charge in [0, 0.05) is 33.2 Å². The molecule has 1 heterocycles. The number of aryl methyl sites for hydroxylation is 1. The van der Waals surface area contributed by atoms with Gasteiger partial charge in [-0.3, -0.25) is 4.79 Å². The predicted molar refractivity (Wildman–Crippen MR) is 97.9 cm³/mol. The maximum atomic E-state index is 12.7. The molecular formula is C20H32N2O2. The van der Waals surface area contributed by atoms with Crippen LogP contribution in [0, 0.1) is 12.8 Å². The van der Waals surface area contributed by atoms with E-state index in [0.29, 0.717) is 32.0 Å². The van der Waals surface area contributed by atoms with Crippen molar-refractivity contribution in [3.05, 3.63) is 35.4 Å². The average molecular weight is 332 g/mol. The minimum atomic E-state index is 0.253. The summed E-state index contributed by atoms with van der Waals surface area (Å²) in [6.45, 7) is 6.35. The number of hydrogen-bond acceptors (Lipinski definition) is 3. The van der Waals surface area contributed by atoms with E-state index in [4.69, 9.17) is 4.74 Å². The van der Waals surface area contributed by atoms with Gasteiger partial charge in [-0.15, -0.1) is 0 Å². The Kier molecular flexibility index (Phi) is 7.73. The molecule has 1 saturated heterocycles. The summed E-state index contributed by atoms with van der Waals surface area (Å²) in [4.78, 5) is 17.1. The van der Waals surface area contributed by atoms with Crippen molar-refractivity contribution < 1.29 is 9.53 Å². The number of benzene rings is 1. The van der Waals surface area contributed by atoms with Gasteiger partial charge in [0.25, 0.3) is 0 Å². The molecule has 1 amide bonds. The average Bonchev–Trinajstić information content (AvgIpc) is 2.58. The van der Waals surface area contributed by atoms with Crippen molar-refractivity contribution in [2.75, 3.05) is 40.4 Å². The molecule has 0 bridgehead atoms. The summed E-state index contributed by atoms with van der Waals surface area (Å²) in [7, 11) is 3.87. The fourth-order valence-electron chi connectivity index (χ4n) is 3.48. The molecule has 1 aromatic carbocycles. The smallest absolute Gasteiger partial charge is 0.222 e. The Bertz CT molecular complexity index is 518. The number of nitrogens with zero attached hydrogens (tertiary/aromatic N) is 2. The molecule has 24 heavy (non-hydrogen) atoms. The molecule has 0 aliphatic carbocycles. The van der Waals surface area contributed by atoms with E-state index >= 15 is 0 Å². The van der Waals surface area contributed by atoms with Gasteiger partial charge in [-0.05, 0) is 56.8 Å². The summed E-state index contributed by atoms with van der Waals surface area (Å²) in [5.74, 6) is 0.916. The number of methoxy groups -OCH3 is 1. The van der Waals surface area contributed by atoms with Crippen LogP contribution in [0.15, 0.2) is 24.3 Å². The summed E-state index contributed by atoms with van der Waals surface area (Å²) in [6.07, 6.45) is 4.16. The zero-order valence-electron chi connectivity index (χ0n) is 15.5. The summed E-state index contributed by atoms with van der Waals surface area (Å²) in [6, 6.07) is 8.30. The third-order valence-electron chi connectivity index (χ3n) is 5.03. The Morgan fingerprint density at radius 3 is 2.88 bits per heavy atom. The van der Waals surface area contributed by atoms with Crippen molar-refractivity contribution in [2.24, 2.45) is 5.92 Å². The Balaban J connectivity index is 1.91. The molecule has 0 saturated carbocycles. The summed E-state index contributed by atoms with van der Waals surface area (Å²) < 4.78 is 5.20. The van der Waals surface area contributed by atoms with Crippen LogP contribution in [-0.2, 0) is 16.1 Å². The lowest BCUT2D eigenvalue weighted by Crippen LogP contribution is -2.35. The fourth-order valence-corrected chi connectivity index (χ4v) is 3.48. The lowest BCUT2D eigenvalue weighted by Gasteiger charge is -2.30. The Morgan fingerprint density at radius 1 is 1.38 bits per heavy atom. The molecule has 1 aliphatic heterocycles. The van der Waals surface area contributed by atoms with Crippen LogP contribution in [0.3, 0.4) is 0 Å². The van der Waals surface area contributed by atoms with Gasteiger partial charge in [0.2, 0.25) is 5.91 Å². The molecule has 1 aromatic rings. The predicted octanol–water partition coefficient (Wildman–Crippen LogP) is 3.09. The van der Waals surface area contributed by atoms with Crippen molar-refractivity contribution in [2.45, 2.75) is 39.2 Å². The van der Waals surface area contributed by atoms with E-state index in [0.717, 1.165) is 13.0 Å². The van der Waals surface area contributed by atoms with Crippen LogP contribution in [0.25, 0.3) is 0 Å². The van der Waals surface area contributed by atoms with Crippen molar-refractivity contribution in [3.63, 3.8) is 0 Å². The molecule has 0 spiro atoms. The Hall–Kier alpha value is -1.39. The standard InChI is InChI=1S/C20H32N2O2/c1-17-7-4-5-9-19(17)16-22(13-14-24-3)20(23)11-10-18-8-6-12-21(2)15-18/h4-5,7,9,18H,6,8,10-16H2,1-3H3/t18-/m0/s1. The second kappa shape index (κ2) is 9.80. The van der Waals surface area contributed by atoms with Crippen molar-refractivity contribution in [1.82, 2.24) is 9.80 Å². The van der Waals surface area contributed by atoms with Crippen LogP contribution in [0.2, 0.25) is 0 Å². The Labute approximate surface area is 146 Å². The molecule has 4 nitrogen and oxygen atoms in total. The first-order valence-corrected chi connectivity index (χ1v) is 9.10. The highest BCUT2D eigenvalue weighted by atomic mass is 16.5. The van der Waals surface area contributed by atoms with E-state index in [2.05, 4.69) is 31.0 Å². The minimum Gasteiger partial charge on any atom is -0.383 e. The first-order valence-electron chi connectivity index (χ1n) is 9.10. The minimum absolute atomic E-state index is 0.253. The maximum absolute atomic E-state index is 12.7. The van der Waals surface area contributed by atoms with Gasteiger partial charge in [0.15, 0.2) is 0 Å². The number of carbonyl (C=O) groups is 1. The molecule has 1 atom stereocenters. The maximum Gasteiger partial charge on any atom is 0.222 e. The summed E-state index contributed by atoms with van der Waals surface area (Å²) in [5.41, 5.74) is 2.46. The Morgan fingerprint density at radius 2 is 2.17 bits per heavy atom. The van der Waals surface area contributed by atoms with Crippen LogP contribution >= 0.6 is 0 Å². The molecule has 1 fully saturated rings. The lowest BCUT2D eigenvalue weighted by molar-refractivity contribution is -0.132. The third kappa shape index (κ3) is 5.91. The van der Waals surface area contributed by atoms with Crippen LogP contribution in [0.1, 0.15) is 36.8 Å². The fraction of sp³-hybridized carbons (Fsp3) is 0.650. The van der Waals surface area contributed by atoms with Crippen LogP contribution < -0.4 is 0 Å². The van der Waals surface area contributed by atoms with Crippen LogP contribution in [0.5, 0.6) is 0 Å². The number of piperidine rings is 1. The molecule has 4 heteroatoms. The topological polar surface area (TPSA) is 32.8 Å². The molecule has 2 rings (SSSR count). The first kappa shape index (κ1) is 18.9. The molecule has 0 aromatic heterocycles. The third-order valence-corrected chi connectivity index (χ3v) is 5.03. The van der Waals surface area contributed by atoms with Crippen molar-refractivity contribution >= 4 is 5.91 Å². The van der Waals surface area contributed by atoms with Crippen LogP contribution in [0.4, 0.5) is 0 Å². The quantitative estimate of drug-likeness (QED) is 0.733. The largest absolute Gasteiger partial charge is 0.383 e. The number of rotatable bonds is 8. The number of hydrogen-bond donors (Lipinski definition) is 0. The van der Waals surface area contributed by atoms with E-state index in [1.54, 1.807) is 7.11 Å². The van der Waals surface area contributed by atoms with E-state index in [1.807, 2.05) is 17.0 Å². The van der Waals surface area contributed by atoms with Gasteiger partial charge in [-0.2, -0.15) is 0 Å². The van der Waals surface area contributed by atoms with E-state index < -0.39 is 0 Å². The molecule has 134 valence electrons. The van der Waals surface area contributed by atoms with Gasteiger partial charge in [0.05, 0.1) is 6.61 Å². The lowest BCUT2D eigenvalue weighted by atomic mass is 9.93. The monoisotopic (exact) mass is 332 g/mol. The summed E-state index contributed by atoms with van der Waals surface area (Å²) >= 11 is 0. The normalized spacial score (nSPS) is 18.5. The van der Waals surface area contributed by atoms with Gasteiger partial charge in [-0.1, -0.05) is 24.3 Å². The summed E-state index contributed by atoms with van der Waals surface area (Å²) in [5, 5.41) is 0. The highest BCUT2D eigenvalue weighted by Crippen LogP contribution is 2.21. The number of carbonyl (C=O) groups excluding carboxylic acids is 1. The molecular weight excluding hydrogens is 300 g/mol. The van der Waals surface area contributed by atoms with E-state index in [9.17, 15) is 4.79 Å². The second-order valence-corrected chi connectivity index (χ2v) is 7.04. The van der Waals surface area contributed by atoms with Crippen molar-refractivity contribution in [3.8, 4) is 0 Å². The first-order chi connectivity index (χ1) is 11.6. The van der Waals surface area contributed by atoms with Gasteiger partial charge < -0.3 is 14.5 Å². The SMILES string of the molecule is COCCN(Cc1ccccc1C)C(=O)CC[C@@H]1CCCN(C)C1. The van der Waals surface area contributed by atoms with Gasteiger partial charge in [0.1, 0.15) is 0 Å². The van der Waals surface area contributed by atoms with E-state index in [1.165, 1.54) is 30.5 Å². The van der Waals surface area contributed by atoms with Gasteiger partial charge in [-0.25, -0.2) is 0 Å². The van der Waals surface area contributed by atoms with Gasteiger partial charge >= 0.3 is 0 Å².